The second-order valence-corrected chi connectivity index (χ2v) is 9.04. The third-order valence-electron chi connectivity index (χ3n) is 6.43. The summed E-state index contributed by atoms with van der Waals surface area (Å²) in [4.78, 5) is 15.7. The Morgan fingerprint density at radius 2 is 1.68 bits per heavy atom. The molecule has 1 saturated heterocycles. The van der Waals surface area contributed by atoms with Crippen LogP contribution in [0.2, 0.25) is 5.02 Å². The predicted octanol–water partition coefficient (Wildman–Crippen LogP) is 5.36. The maximum atomic E-state index is 13.6. The van der Waals surface area contributed by atoms with Gasteiger partial charge >= 0.3 is 0 Å². The fourth-order valence-corrected chi connectivity index (χ4v) is 4.78. The summed E-state index contributed by atoms with van der Waals surface area (Å²) in [6.45, 7) is 1.39. The minimum absolute atomic E-state index is 0.00249. The molecule has 1 aliphatic heterocycles. The highest BCUT2D eigenvalue weighted by Gasteiger charge is 2.32. The van der Waals surface area contributed by atoms with Gasteiger partial charge in [-0.25, -0.2) is 0 Å². The summed E-state index contributed by atoms with van der Waals surface area (Å²) in [6, 6.07) is 24.0. The fourth-order valence-electron chi connectivity index (χ4n) is 4.58. The van der Waals surface area contributed by atoms with Gasteiger partial charge in [0.1, 0.15) is 11.5 Å². The van der Waals surface area contributed by atoms with Crippen LogP contribution in [0.25, 0.3) is 0 Å². The quantitative estimate of drug-likeness (QED) is 0.473. The van der Waals surface area contributed by atoms with Gasteiger partial charge in [-0.05, 0) is 48.6 Å². The number of hydrogen-bond donors (Lipinski definition) is 1. The number of amides is 1. The molecule has 5 nitrogen and oxygen atoms in total. The van der Waals surface area contributed by atoms with Crippen molar-refractivity contribution >= 4 is 17.5 Å². The zero-order valence-corrected chi connectivity index (χ0v) is 20.4. The number of rotatable bonds is 8. The molecule has 178 valence electrons. The van der Waals surface area contributed by atoms with Gasteiger partial charge in [0.05, 0.1) is 14.2 Å². The van der Waals surface area contributed by atoms with Crippen LogP contribution in [-0.2, 0) is 13.0 Å². The lowest BCUT2D eigenvalue weighted by molar-refractivity contribution is 0.0575. The predicted molar refractivity (Wildman–Crippen MR) is 136 cm³/mol. The molecule has 34 heavy (non-hydrogen) atoms. The molecular formula is C28H31ClN2O3. The van der Waals surface area contributed by atoms with Crippen molar-refractivity contribution in [1.29, 1.82) is 0 Å². The molecular weight excluding hydrogens is 448 g/mol. The Bertz CT molecular complexity index is 1080. The standard InChI is InChI=1S/C28H31ClN2O3/c1-33-25-15-22(16-26(18-25)34-2)28(32)31-13-12-23(30-19-21-10-6-7-11-27(21)29)17-24(31)14-20-8-4-3-5-9-20/h3-11,15-16,18,23-24,30H,12-14,17,19H2,1-2H3/t23-,24-/m0/s1. The van der Waals surface area contributed by atoms with Gasteiger partial charge in [0.25, 0.3) is 5.91 Å². The third kappa shape index (κ3) is 5.91. The Balaban J connectivity index is 1.53. The maximum Gasteiger partial charge on any atom is 0.254 e. The number of carbonyl (C=O) groups is 1. The third-order valence-corrected chi connectivity index (χ3v) is 6.80. The van der Waals surface area contributed by atoms with E-state index in [2.05, 4.69) is 17.4 Å². The maximum absolute atomic E-state index is 13.6. The second-order valence-electron chi connectivity index (χ2n) is 8.64. The molecule has 0 saturated carbocycles. The van der Waals surface area contributed by atoms with E-state index in [1.165, 1.54) is 5.56 Å². The van der Waals surface area contributed by atoms with Crippen LogP contribution in [0.3, 0.4) is 0 Å². The molecule has 4 rings (SSSR count). The van der Waals surface area contributed by atoms with E-state index in [4.69, 9.17) is 21.1 Å². The molecule has 3 aromatic carbocycles. The minimum atomic E-state index is 0.00249. The number of ether oxygens (including phenoxy) is 2. The monoisotopic (exact) mass is 478 g/mol. The number of methoxy groups -OCH3 is 2. The average Bonchev–Trinajstić information content (AvgIpc) is 2.88. The molecule has 0 radical (unpaired) electrons. The first kappa shape index (κ1) is 24.1. The van der Waals surface area contributed by atoms with Crippen molar-refractivity contribution in [3.63, 3.8) is 0 Å². The molecule has 0 bridgehead atoms. The van der Waals surface area contributed by atoms with Gasteiger partial charge in [-0.3, -0.25) is 4.79 Å². The zero-order valence-electron chi connectivity index (χ0n) is 19.7. The highest BCUT2D eigenvalue weighted by molar-refractivity contribution is 6.31. The smallest absolute Gasteiger partial charge is 0.254 e. The Morgan fingerprint density at radius 1 is 1.00 bits per heavy atom. The second kappa shape index (κ2) is 11.4. The SMILES string of the molecule is COc1cc(OC)cc(C(=O)N2CC[C@H](NCc3ccccc3Cl)C[C@@H]2Cc2ccccc2)c1. The van der Waals surface area contributed by atoms with Gasteiger partial charge in [-0.1, -0.05) is 60.1 Å². The number of nitrogens with zero attached hydrogens (tertiary/aromatic N) is 1. The van der Waals surface area contributed by atoms with E-state index < -0.39 is 0 Å². The fraction of sp³-hybridized carbons (Fsp3) is 0.321. The van der Waals surface area contributed by atoms with Crippen molar-refractivity contribution in [2.45, 2.75) is 37.9 Å². The first-order valence-corrected chi connectivity index (χ1v) is 12.0. The first-order chi connectivity index (χ1) is 16.6. The van der Waals surface area contributed by atoms with E-state index in [-0.39, 0.29) is 11.9 Å². The van der Waals surface area contributed by atoms with Crippen molar-refractivity contribution in [3.05, 3.63) is 94.5 Å². The average molecular weight is 479 g/mol. The van der Waals surface area contributed by atoms with Gasteiger partial charge in [-0.15, -0.1) is 0 Å². The van der Waals surface area contributed by atoms with Crippen molar-refractivity contribution < 1.29 is 14.3 Å². The Labute approximate surface area is 206 Å². The summed E-state index contributed by atoms with van der Waals surface area (Å²) in [6.07, 6.45) is 2.55. The van der Waals surface area contributed by atoms with Crippen molar-refractivity contribution in [2.75, 3.05) is 20.8 Å². The van der Waals surface area contributed by atoms with Gasteiger partial charge in [0.2, 0.25) is 0 Å². The Morgan fingerprint density at radius 3 is 2.35 bits per heavy atom. The van der Waals surface area contributed by atoms with Crippen LogP contribution in [0.15, 0.2) is 72.8 Å². The van der Waals surface area contributed by atoms with Gasteiger partial charge in [0, 0.05) is 41.8 Å². The molecule has 1 amide bonds. The van der Waals surface area contributed by atoms with Crippen LogP contribution in [0.5, 0.6) is 11.5 Å². The number of nitrogens with one attached hydrogen (secondary N) is 1. The van der Waals surface area contributed by atoms with E-state index in [0.29, 0.717) is 36.2 Å². The Hall–Kier alpha value is -3.02. The number of piperidine rings is 1. The van der Waals surface area contributed by atoms with Crippen molar-refractivity contribution in [1.82, 2.24) is 10.2 Å². The molecule has 3 aromatic rings. The summed E-state index contributed by atoms with van der Waals surface area (Å²) >= 11 is 6.35. The lowest BCUT2D eigenvalue weighted by Crippen LogP contribution is -2.51. The van der Waals surface area contributed by atoms with E-state index >= 15 is 0 Å². The van der Waals surface area contributed by atoms with Crippen LogP contribution in [-0.4, -0.2) is 43.7 Å². The summed E-state index contributed by atoms with van der Waals surface area (Å²) in [7, 11) is 3.19. The molecule has 1 N–H and O–H groups in total. The van der Waals surface area contributed by atoms with E-state index in [1.807, 2.05) is 47.4 Å². The number of benzene rings is 3. The highest BCUT2D eigenvalue weighted by Crippen LogP contribution is 2.28. The lowest BCUT2D eigenvalue weighted by atomic mass is 9.91. The molecule has 1 heterocycles. The van der Waals surface area contributed by atoms with Crippen molar-refractivity contribution in [2.24, 2.45) is 0 Å². The molecule has 6 heteroatoms. The van der Waals surface area contributed by atoms with Crippen LogP contribution < -0.4 is 14.8 Å². The molecule has 0 aliphatic carbocycles. The topological polar surface area (TPSA) is 50.8 Å². The van der Waals surface area contributed by atoms with Crippen LogP contribution in [0, 0.1) is 0 Å². The van der Waals surface area contributed by atoms with Crippen molar-refractivity contribution in [3.8, 4) is 11.5 Å². The molecule has 0 aromatic heterocycles. The highest BCUT2D eigenvalue weighted by atomic mass is 35.5. The van der Waals surface area contributed by atoms with Gasteiger partial charge in [0.15, 0.2) is 0 Å². The largest absolute Gasteiger partial charge is 0.497 e. The van der Waals surface area contributed by atoms with Gasteiger partial charge in [-0.2, -0.15) is 0 Å². The number of likely N-dealkylation sites (tertiary alicyclic amines) is 1. The Kier molecular flexibility index (Phi) is 8.09. The molecule has 0 spiro atoms. The lowest BCUT2D eigenvalue weighted by Gasteiger charge is -2.40. The summed E-state index contributed by atoms with van der Waals surface area (Å²) in [5, 5.41) is 4.44. The van der Waals surface area contributed by atoms with E-state index in [9.17, 15) is 4.79 Å². The molecule has 0 unspecified atom stereocenters. The van der Waals surface area contributed by atoms with E-state index in [1.54, 1.807) is 32.4 Å². The van der Waals surface area contributed by atoms with E-state index in [0.717, 1.165) is 29.8 Å². The molecule has 1 aliphatic rings. The number of halogens is 1. The normalized spacial score (nSPS) is 17.9. The van der Waals surface area contributed by atoms with Crippen LogP contribution in [0.1, 0.15) is 34.3 Å². The summed E-state index contributed by atoms with van der Waals surface area (Å²) in [5.74, 6) is 1.22. The van der Waals surface area contributed by atoms with Crippen LogP contribution in [0.4, 0.5) is 0 Å². The van der Waals surface area contributed by atoms with Gasteiger partial charge < -0.3 is 19.7 Å². The summed E-state index contributed by atoms with van der Waals surface area (Å²) < 4.78 is 10.8. The minimum Gasteiger partial charge on any atom is -0.497 e. The summed E-state index contributed by atoms with van der Waals surface area (Å²) in [5.41, 5.74) is 2.89. The van der Waals surface area contributed by atoms with Crippen LogP contribution >= 0.6 is 11.6 Å². The zero-order chi connectivity index (χ0) is 23.9. The first-order valence-electron chi connectivity index (χ1n) is 11.6. The number of carbonyl (C=O) groups excluding carboxylic acids is 1. The molecule has 2 atom stereocenters. The molecule has 1 fully saturated rings. The number of hydrogen-bond acceptors (Lipinski definition) is 4.